The summed E-state index contributed by atoms with van der Waals surface area (Å²) >= 11 is 0. The van der Waals surface area contributed by atoms with E-state index in [1.54, 1.807) is 6.92 Å². The lowest BCUT2D eigenvalue weighted by Crippen LogP contribution is -2.08. The van der Waals surface area contributed by atoms with Crippen molar-refractivity contribution in [2.45, 2.75) is 18.4 Å². The quantitative estimate of drug-likeness (QED) is 0.613. The predicted octanol–water partition coefficient (Wildman–Crippen LogP) is 0.538. The number of nitrogen functional groups attached to an aromatic ring is 1. The molecule has 0 fully saturated rings. The second-order valence-corrected chi connectivity index (χ2v) is 5.20. The molecule has 0 radical (unpaired) electrons. The zero-order valence-corrected chi connectivity index (χ0v) is 9.61. The maximum atomic E-state index is 11.2. The molecule has 1 aromatic rings. The van der Waals surface area contributed by atoms with Crippen LogP contribution in [0.1, 0.15) is 12.5 Å². The van der Waals surface area contributed by atoms with Gasteiger partial charge in [-0.1, -0.05) is 6.92 Å². The summed E-state index contributed by atoms with van der Waals surface area (Å²) in [4.78, 5) is 13.6. The molecule has 0 saturated carbocycles. The number of sulfone groups is 1. The fraction of sp³-hybridized carbons (Fsp3) is 0.375. The van der Waals surface area contributed by atoms with E-state index in [0.29, 0.717) is 6.42 Å². The summed E-state index contributed by atoms with van der Waals surface area (Å²) in [6.07, 6.45) is 1.28. The van der Waals surface area contributed by atoms with Gasteiger partial charge in [0.2, 0.25) is 5.82 Å². The van der Waals surface area contributed by atoms with Gasteiger partial charge in [-0.15, -0.1) is 0 Å². The van der Waals surface area contributed by atoms with Crippen LogP contribution in [0, 0.1) is 10.1 Å². The first kappa shape index (κ1) is 12.4. The summed E-state index contributed by atoms with van der Waals surface area (Å²) in [6, 6.07) is 1.18. The first-order valence-electron chi connectivity index (χ1n) is 4.41. The molecular weight excluding hydrogens is 234 g/mol. The van der Waals surface area contributed by atoms with Crippen LogP contribution >= 0.6 is 0 Å². The minimum absolute atomic E-state index is 0.243. The van der Waals surface area contributed by atoms with Gasteiger partial charge >= 0.3 is 5.69 Å². The summed E-state index contributed by atoms with van der Waals surface area (Å²) in [5.74, 6) is -0.371. The van der Waals surface area contributed by atoms with Gasteiger partial charge in [-0.05, 0) is 12.5 Å². The molecule has 88 valence electrons. The third-order valence-corrected chi connectivity index (χ3v) is 2.99. The monoisotopic (exact) mass is 245 g/mol. The summed E-state index contributed by atoms with van der Waals surface area (Å²) < 4.78 is 22.5. The van der Waals surface area contributed by atoms with Crippen LogP contribution in [0.25, 0.3) is 0 Å². The van der Waals surface area contributed by atoms with E-state index in [4.69, 9.17) is 5.73 Å². The first-order chi connectivity index (χ1) is 7.27. The van der Waals surface area contributed by atoms with Crippen LogP contribution in [-0.2, 0) is 16.3 Å². The number of pyridine rings is 1. The van der Waals surface area contributed by atoms with E-state index in [9.17, 15) is 18.5 Å². The van der Waals surface area contributed by atoms with Gasteiger partial charge in [-0.2, -0.15) is 0 Å². The molecule has 0 spiro atoms. The molecule has 0 aliphatic rings. The Hall–Kier alpha value is -1.70. The number of nitro groups is 1. The van der Waals surface area contributed by atoms with Crippen LogP contribution < -0.4 is 5.73 Å². The van der Waals surface area contributed by atoms with Crippen molar-refractivity contribution in [2.75, 3.05) is 12.0 Å². The van der Waals surface area contributed by atoms with Crippen molar-refractivity contribution in [3.8, 4) is 0 Å². The van der Waals surface area contributed by atoms with Gasteiger partial charge < -0.3 is 5.73 Å². The molecule has 0 unspecified atom stereocenters. The maximum absolute atomic E-state index is 11.2. The topological polar surface area (TPSA) is 116 Å². The summed E-state index contributed by atoms with van der Waals surface area (Å²) in [5, 5.41) is 10.5. The molecule has 0 bridgehead atoms. The molecule has 0 aliphatic carbocycles. The highest BCUT2D eigenvalue weighted by molar-refractivity contribution is 7.90. The summed E-state index contributed by atoms with van der Waals surface area (Å²) in [6.45, 7) is 1.67. The van der Waals surface area contributed by atoms with Crippen molar-refractivity contribution in [3.63, 3.8) is 0 Å². The SMILES string of the molecule is CCc1cc(S(C)(=O)=O)nc(N)c1[N+](=O)[O-]. The number of hydrogen-bond donors (Lipinski definition) is 1. The third-order valence-electron chi connectivity index (χ3n) is 2.02. The molecule has 8 heteroatoms. The number of aryl methyl sites for hydroxylation is 1. The Balaban J connectivity index is 3.56. The van der Waals surface area contributed by atoms with Crippen LogP contribution in [0.4, 0.5) is 11.5 Å². The van der Waals surface area contributed by atoms with Gasteiger partial charge in [0.15, 0.2) is 14.9 Å². The molecule has 7 nitrogen and oxygen atoms in total. The van der Waals surface area contributed by atoms with Gasteiger partial charge in [-0.3, -0.25) is 10.1 Å². The zero-order chi connectivity index (χ0) is 12.5. The predicted molar refractivity (Wildman–Crippen MR) is 57.8 cm³/mol. The average molecular weight is 245 g/mol. The van der Waals surface area contributed by atoms with Crippen molar-refractivity contribution < 1.29 is 13.3 Å². The lowest BCUT2D eigenvalue weighted by Gasteiger charge is -2.05. The number of hydrogen-bond acceptors (Lipinski definition) is 6. The highest BCUT2D eigenvalue weighted by atomic mass is 32.2. The average Bonchev–Trinajstić information content (AvgIpc) is 2.14. The number of aromatic nitrogens is 1. The van der Waals surface area contributed by atoms with Crippen molar-refractivity contribution in [1.82, 2.24) is 4.98 Å². The Labute approximate surface area is 92.4 Å². The minimum Gasteiger partial charge on any atom is -0.378 e. The fourth-order valence-corrected chi connectivity index (χ4v) is 1.88. The molecule has 1 rings (SSSR count). The van der Waals surface area contributed by atoms with E-state index in [0.717, 1.165) is 6.26 Å². The molecular formula is C8H11N3O4S. The number of nitrogens with two attached hydrogens (primary N) is 1. The largest absolute Gasteiger partial charge is 0.378 e. The molecule has 0 saturated heterocycles. The van der Waals surface area contributed by atoms with Crippen LogP contribution in [0.5, 0.6) is 0 Å². The number of nitrogens with zero attached hydrogens (tertiary/aromatic N) is 2. The lowest BCUT2D eigenvalue weighted by molar-refractivity contribution is -0.384. The van der Waals surface area contributed by atoms with Gasteiger partial charge in [0.05, 0.1) is 4.92 Å². The van der Waals surface area contributed by atoms with Gasteiger partial charge in [0, 0.05) is 11.8 Å². The van der Waals surface area contributed by atoms with E-state index in [2.05, 4.69) is 4.98 Å². The van der Waals surface area contributed by atoms with Crippen LogP contribution in [0.15, 0.2) is 11.1 Å². The first-order valence-corrected chi connectivity index (χ1v) is 6.30. The van der Waals surface area contributed by atoms with Crippen LogP contribution in [-0.4, -0.2) is 24.6 Å². The van der Waals surface area contributed by atoms with E-state index in [1.807, 2.05) is 0 Å². The highest BCUT2D eigenvalue weighted by Crippen LogP contribution is 2.27. The number of rotatable bonds is 3. The van der Waals surface area contributed by atoms with Crippen molar-refractivity contribution in [1.29, 1.82) is 0 Å². The normalized spacial score (nSPS) is 11.4. The molecule has 0 aliphatic heterocycles. The van der Waals surface area contributed by atoms with Gasteiger partial charge in [0.1, 0.15) is 0 Å². The van der Waals surface area contributed by atoms with Crippen molar-refractivity contribution in [2.24, 2.45) is 0 Å². The second-order valence-electron chi connectivity index (χ2n) is 3.24. The number of anilines is 1. The molecule has 16 heavy (non-hydrogen) atoms. The van der Waals surface area contributed by atoms with E-state index >= 15 is 0 Å². The third kappa shape index (κ3) is 2.27. The molecule has 0 amide bonds. The van der Waals surface area contributed by atoms with Gasteiger partial charge in [0.25, 0.3) is 0 Å². The van der Waals surface area contributed by atoms with Gasteiger partial charge in [-0.25, -0.2) is 13.4 Å². The Morgan fingerprint density at radius 3 is 2.50 bits per heavy atom. The Bertz CT molecular complexity index is 538. The van der Waals surface area contributed by atoms with E-state index in [-0.39, 0.29) is 22.1 Å². The summed E-state index contributed by atoms with van der Waals surface area (Å²) in [7, 11) is -3.51. The van der Waals surface area contributed by atoms with Crippen LogP contribution in [0.2, 0.25) is 0 Å². The second kappa shape index (κ2) is 4.05. The molecule has 1 heterocycles. The molecule has 0 atom stereocenters. The zero-order valence-electron chi connectivity index (χ0n) is 8.80. The molecule has 1 aromatic heterocycles. The van der Waals surface area contributed by atoms with Crippen molar-refractivity contribution in [3.05, 3.63) is 21.7 Å². The van der Waals surface area contributed by atoms with E-state index in [1.165, 1.54) is 6.07 Å². The Morgan fingerprint density at radius 2 is 2.12 bits per heavy atom. The molecule has 2 N–H and O–H groups in total. The Morgan fingerprint density at radius 1 is 1.56 bits per heavy atom. The maximum Gasteiger partial charge on any atom is 0.314 e. The van der Waals surface area contributed by atoms with Crippen molar-refractivity contribution >= 4 is 21.3 Å². The van der Waals surface area contributed by atoms with E-state index < -0.39 is 14.8 Å². The van der Waals surface area contributed by atoms with Crippen LogP contribution in [0.3, 0.4) is 0 Å². The lowest BCUT2D eigenvalue weighted by atomic mass is 10.2. The summed E-state index contributed by atoms with van der Waals surface area (Å²) in [5.41, 5.74) is 5.32. The smallest absolute Gasteiger partial charge is 0.314 e. The standard InChI is InChI=1S/C8H11N3O4S/c1-3-5-4-6(16(2,14)15)10-8(9)7(5)11(12)13/h4H,3H2,1-2H3,(H2,9,10). The fourth-order valence-electron chi connectivity index (χ4n) is 1.26. The minimum atomic E-state index is -3.51. The Kier molecular flexibility index (Phi) is 3.13. The molecule has 0 aromatic carbocycles. The highest BCUT2D eigenvalue weighted by Gasteiger charge is 2.22.